The summed E-state index contributed by atoms with van der Waals surface area (Å²) in [6, 6.07) is 6.24. The molecule has 0 fully saturated rings. The van der Waals surface area contributed by atoms with Gasteiger partial charge in [0.25, 0.3) is 0 Å². The average Bonchev–Trinajstić information content (AvgIpc) is 2.26. The highest BCUT2D eigenvalue weighted by Gasteiger charge is 2.59. The van der Waals surface area contributed by atoms with E-state index in [-0.39, 0.29) is 5.69 Å². The molecule has 1 atom stereocenters. The van der Waals surface area contributed by atoms with Crippen molar-refractivity contribution in [2.75, 3.05) is 5.32 Å². The second kappa shape index (κ2) is 4.15. The molecule has 3 nitrogen and oxygen atoms in total. The number of benzene rings is 1. The van der Waals surface area contributed by atoms with Crippen molar-refractivity contribution in [1.29, 1.82) is 0 Å². The minimum atomic E-state index is -4.72. The molecule has 0 bridgehead atoms. The van der Waals surface area contributed by atoms with E-state index < -0.39 is 21.3 Å². The number of anilines is 1. The fourth-order valence-electron chi connectivity index (χ4n) is 1.68. The molecule has 2 N–H and O–H groups in total. The number of rotatable bonds is 1. The van der Waals surface area contributed by atoms with Crippen LogP contribution in [0.2, 0.25) is 0 Å². The van der Waals surface area contributed by atoms with E-state index in [1.54, 1.807) is 18.2 Å². The lowest BCUT2D eigenvalue weighted by Crippen LogP contribution is -2.51. The first kappa shape index (κ1) is 13.2. The standard InChI is InChI=1S/C11H7F3INO2/c12-11(13,14)10(15)7(9(17)18)5-6-3-1-2-4-8(6)16-10/h1-5,16H,(H,17,18). The molecule has 1 aromatic rings. The van der Waals surface area contributed by atoms with Crippen LogP contribution in [-0.2, 0) is 4.79 Å². The molecule has 1 aliphatic rings. The van der Waals surface area contributed by atoms with Gasteiger partial charge in [0.2, 0.25) is 3.55 Å². The van der Waals surface area contributed by atoms with Crippen LogP contribution in [0.25, 0.3) is 6.08 Å². The Kier molecular flexibility index (Phi) is 3.04. The predicted molar refractivity (Wildman–Crippen MR) is 68.5 cm³/mol. The van der Waals surface area contributed by atoms with Crippen molar-refractivity contribution in [1.82, 2.24) is 0 Å². The van der Waals surface area contributed by atoms with E-state index in [0.717, 1.165) is 28.7 Å². The van der Waals surface area contributed by atoms with Gasteiger partial charge in [-0.2, -0.15) is 13.2 Å². The molecule has 0 radical (unpaired) electrons. The number of alkyl halides is 4. The fraction of sp³-hybridized carbons (Fsp3) is 0.182. The van der Waals surface area contributed by atoms with E-state index in [2.05, 4.69) is 5.32 Å². The molecule has 1 aromatic carbocycles. The monoisotopic (exact) mass is 369 g/mol. The zero-order chi connectivity index (χ0) is 13.6. The van der Waals surface area contributed by atoms with Gasteiger partial charge in [-0.1, -0.05) is 18.2 Å². The quantitative estimate of drug-likeness (QED) is 0.454. The smallest absolute Gasteiger partial charge is 0.425 e. The normalized spacial score (nSPS) is 22.8. The van der Waals surface area contributed by atoms with E-state index in [1.807, 2.05) is 0 Å². The van der Waals surface area contributed by atoms with Gasteiger partial charge in [-0.3, -0.25) is 0 Å². The molecule has 1 unspecified atom stereocenters. The van der Waals surface area contributed by atoms with Gasteiger partial charge < -0.3 is 10.4 Å². The molecule has 18 heavy (non-hydrogen) atoms. The number of halogens is 4. The van der Waals surface area contributed by atoms with Gasteiger partial charge >= 0.3 is 12.1 Å². The molecule has 1 heterocycles. The number of nitrogens with one attached hydrogen (secondary N) is 1. The maximum Gasteiger partial charge on any atom is 0.425 e. The number of carboxylic acids is 1. The number of para-hydroxylation sites is 1. The summed E-state index contributed by atoms with van der Waals surface area (Å²) in [5.41, 5.74) is -0.0463. The lowest BCUT2D eigenvalue weighted by Gasteiger charge is -2.35. The summed E-state index contributed by atoms with van der Waals surface area (Å²) < 4.78 is 36.5. The maximum absolute atomic E-state index is 13.1. The molecule has 0 saturated heterocycles. The molecule has 7 heteroatoms. The van der Waals surface area contributed by atoms with Crippen molar-refractivity contribution in [3.63, 3.8) is 0 Å². The SMILES string of the molecule is O=C(O)C1=Cc2ccccc2NC1(I)C(F)(F)F. The first-order chi connectivity index (χ1) is 8.25. The molecule has 0 spiro atoms. The molecule has 96 valence electrons. The lowest BCUT2D eigenvalue weighted by atomic mass is 9.97. The molecular weight excluding hydrogens is 362 g/mol. The topological polar surface area (TPSA) is 49.3 Å². The van der Waals surface area contributed by atoms with Gasteiger partial charge in [-0.15, -0.1) is 0 Å². The Hall–Kier alpha value is -1.25. The molecule has 0 aliphatic carbocycles. The van der Waals surface area contributed by atoms with Gasteiger partial charge in [0.15, 0.2) is 0 Å². The van der Waals surface area contributed by atoms with Crippen molar-refractivity contribution in [3.8, 4) is 0 Å². The summed E-state index contributed by atoms with van der Waals surface area (Å²) >= 11 is 1.09. The number of hydrogen-bond acceptors (Lipinski definition) is 2. The largest absolute Gasteiger partial charge is 0.478 e. The third kappa shape index (κ3) is 1.96. The van der Waals surface area contributed by atoms with Crippen molar-refractivity contribution >= 4 is 40.3 Å². The van der Waals surface area contributed by atoms with Crippen LogP contribution >= 0.6 is 22.6 Å². The van der Waals surface area contributed by atoms with Crippen LogP contribution in [0.5, 0.6) is 0 Å². The van der Waals surface area contributed by atoms with Gasteiger partial charge in [-0.25, -0.2) is 4.79 Å². The summed E-state index contributed by atoms with van der Waals surface area (Å²) in [7, 11) is 0. The number of carboxylic acid groups (broad SMARTS) is 1. The van der Waals surface area contributed by atoms with Crippen molar-refractivity contribution in [2.45, 2.75) is 9.72 Å². The van der Waals surface area contributed by atoms with Crippen LogP contribution < -0.4 is 5.32 Å². The first-order valence-corrected chi connectivity index (χ1v) is 5.92. The average molecular weight is 369 g/mol. The molecule has 0 aromatic heterocycles. The van der Waals surface area contributed by atoms with Crippen LogP contribution in [0.1, 0.15) is 5.56 Å². The second-order valence-corrected chi connectivity index (χ2v) is 5.35. The molecule has 2 rings (SSSR count). The van der Waals surface area contributed by atoms with Gasteiger partial charge in [-0.05, 0) is 40.3 Å². The molecule has 1 aliphatic heterocycles. The Labute approximate surface area is 114 Å². The minimum absolute atomic E-state index is 0.259. The van der Waals surface area contributed by atoms with E-state index in [4.69, 9.17) is 5.11 Å². The number of hydrogen-bond donors (Lipinski definition) is 2. The van der Waals surface area contributed by atoms with Gasteiger partial charge in [0.1, 0.15) is 0 Å². The Balaban J connectivity index is 2.63. The highest BCUT2D eigenvalue weighted by molar-refractivity contribution is 14.1. The number of aliphatic carboxylic acids is 1. The van der Waals surface area contributed by atoms with Gasteiger partial charge in [0.05, 0.1) is 5.57 Å². The first-order valence-electron chi connectivity index (χ1n) is 4.84. The van der Waals surface area contributed by atoms with E-state index in [1.165, 1.54) is 6.07 Å². The highest BCUT2D eigenvalue weighted by Crippen LogP contribution is 2.48. The predicted octanol–water partition coefficient (Wildman–Crippen LogP) is 3.27. The minimum Gasteiger partial charge on any atom is -0.478 e. The van der Waals surface area contributed by atoms with Crippen LogP contribution in [-0.4, -0.2) is 20.8 Å². The third-order valence-corrected chi connectivity index (χ3v) is 4.02. The summed E-state index contributed by atoms with van der Waals surface area (Å²) in [4.78, 5) is 11.0. The summed E-state index contributed by atoms with van der Waals surface area (Å²) in [6.07, 6.45) is -3.67. The third-order valence-electron chi connectivity index (χ3n) is 2.56. The Bertz CT molecular complexity index is 541. The van der Waals surface area contributed by atoms with Crippen LogP contribution in [0, 0.1) is 0 Å². The Morgan fingerprint density at radius 3 is 2.50 bits per heavy atom. The van der Waals surface area contributed by atoms with Gasteiger partial charge in [0, 0.05) is 5.69 Å². The summed E-state index contributed by atoms with van der Waals surface area (Å²) in [5.74, 6) is -1.59. The van der Waals surface area contributed by atoms with Crippen LogP contribution in [0.4, 0.5) is 18.9 Å². The van der Waals surface area contributed by atoms with Crippen LogP contribution in [0.15, 0.2) is 29.8 Å². The van der Waals surface area contributed by atoms with E-state index in [0.29, 0.717) is 5.56 Å². The highest BCUT2D eigenvalue weighted by atomic mass is 127. The van der Waals surface area contributed by atoms with E-state index >= 15 is 0 Å². The Morgan fingerprint density at radius 1 is 1.33 bits per heavy atom. The van der Waals surface area contributed by atoms with Crippen molar-refractivity contribution in [2.24, 2.45) is 0 Å². The fourth-order valence-corrected chi connectivity index (χ4v) is 2.35. The molecular formula is C11H7F3INO2. The number of carbonyl (C=O) groups is 1. The summed E-state index contributed by atoms with van der Waals surface area (Å²) in [5, 5.41) is 11.2. The summed E-state index contributed by atoms with van der Waals surface area (Å²) in [6.45, 7) is 0. The van der Waals surface area contributed by atoms with Crippen LogP contribution in [0.3, 0.4) is 0 Å². The molecule has 0 amide bonds. The molecule has 0 saturated carbocycles. The lowest BCUT2D eigenvalue weighted by molar-refractivity contribution is -0.149. The Morgan fingerprint density at radius 2 is 1.94 bits per heavy atom. The van der Waals surface area contributed by atoms with E-state index in [9.17, 15) is 18.0 Å². The van der Waals surface area contributed by atoms with Crippen molar-refractivity contribution < 1.29 is 23.1 Å². The zero-order valence-electron chi connectivity index (χ0n) is 8.75. The maximum atomic E-state index is 13.1. The number of fused-ring (bicyclic) bond motifs is 1. The second-order valence-electron chi connectivity index (χ2n) is 3.73. The van der Waals surface area contributed by atoms with Crippen molar-refractivity contribution in [3.05, 3.63) is 35.4 Å². The zero-order valence-corrected chi connectivity index (χ0v) is 10.9.